The second-order valence-corrected chi connectivity index (χ2v) is 5.02. The molecule has 4 heteroatoms. The van der Waals surface area contributed by atoms with Crippen LogP contribution in [0.15, 0.2) is 24.4 Å². The normalized spacial score (nSPS) is 16.8. The molecule has 1 saturated carbocycles. The number of carbonyl (C=O) groups is 1. The van der Waals surface area contributed by atoms with E-state index in [1.807, 2.05) is 32.2 Å². The van der Waals surface area contributed by atoms with Crippen LogP contribution in [0.5, 0.6) is 0 Å². The average molecular weight is 247 g/mol. The van der Waals surface area contributed by atoms with E-state index in [1.165, 1.54) is 19.3 Å². The Kier molecular flexibility index (Phi) is 4.18. The number of amides is 2. The van der Waals surface area contributed by atoms with Crippen molar-refractivity contribution in [2.75, 3.05) is 13.6 Å². The van der Waals surface area contributed by atoms with Crippen LogP contribution >= 0.6 is 0 Å². The first-order valence-electron chi connectivity index (χ1n) is 6.60. The van der Waals surface area contributed by atoms with E-state index >= 15 is 0 Å². The predicted molar refractivity (Wildman–Crippen MR) is 71.2 cm³/mol. The third kappa shape index (κ3) is 3.00. The monoisotopic (exact) mass is 247 g/mol. The van der Waals surface area contributed by atoms with Gasteiger partial charge in [0.25, 0.3) is 0 Å². The van der Waals surface area contributed by atoms with Crippen molar-refractivity contribution in [3.63, 3.8) is 0 Å². The third-order valence-corrected chi connectivity index (χ3v) is 3.78. The highest BCUT2D eigenvalue weighted by atomic mass is 16.2. The van der Waals surface area contributed by atoms with Crippen molar-refractivity contribution in [1.82, 2.24) is 15.2 Å². The molecule has 1 aromatic rings. The summed E-state index contributed by atoms with van der Waals surface area (Å²) in [4.78, 5) is 18.0. The SMILES string of the molecule is CC(c1ccccn1)N(C)C(=O)NCC1CCC1. The predicted octanol–water partition coefficient (Wildman–Crippen LogP) is 2.58. The van der Waals surface area contributed by atoms with E-state index in [1.54, 1.807) is 11.1 Å². The molecule has 0 aliphatic heterocycles. The van der Waals surface area contributed by atoms with Crippen molar-refractivity contribution >= 4 is 6.03 Å². The fraction of sp³-hybridized carbons (Fsp3) is 0.571. The number of carbonyl (C=O) groups excluding carboxylic acids is 1. The molecule has 4 nitrogen and oxygen atoms in total. The molecule has 1 aliphatic rings. The number of nitrogens with zero attached hydrogens (tertiary/aromatic N) is 2. The van der Waals surface area contributed by atoms with Crippen LogP contribution in [0.3, 0.4) is 0 Å². The van der Waals surface area contributed by atoms with E-state index in [9.17, 15) is 4.79 Å². The lowest BCUT2D eigenvalue weighted by Crippen LogP contribution is -2.41. The van der Waals surface area contributed by atoms with Gasteiger partial charge in [0, 0.05) is 19.8 Å². The van der Waals surface area contributed by atoms with Gasteiger partial charge in [0.1, 0.15) is 0 Å². The lowest BCUT2D eigenvalue weighted by molar-refractivity contribution is 0.187. The first-order valence-corrected chi connectivity index (χ1v) is 6.60. The van der Waals surface area contributed by atoms with E-state index in [2.05, 4.69) is 10.3 Å². The molecule has 0 spiro atoms. The molecule has 2 rings (SSSR count). The maximum atomic E-state index is 12.0. The van der Waals surface area contributed by atoms with E-state index < -0.39 is 0 Å². The molecule has 1 fully saturated rings. The van der Waals surface area contributed by atoms with Gasteiger partial charge in [0.2, 0.25) is 0 Å². The van der Waals surface area contributed by atoms with Gasteiger partial charge in [0.15, 0.2) is 0 Å². The molecule has 1 aliphatic carbocycles. The Hall–Kier alpha value is -1.58. The van der Waals surface area contributed by atoms with Crippen molar-refractivity contribution in [3.05, 3.63) is 30.1 Å². The summed E-state index contributed by atoms with van der Waals surface area (Å²) in [7, 11) is 1.81. The van der Waals surface area contributed by atoms with Crippen LogP contribution < -0.4 is 5.32 Å². The molecule has 1 aromatic heterocycles. The van der Waals surface area contributed by atoms with Gasteiger partial charge in [-0.1, -0.05) is 12.5 Å². The summed E-state index contributed by atoms with van der Waals surface area (Å²) in [6.45, 7) is 2.80. The number of hydrogen-bond acceptors (Lipinski definition) is 2. The molecule has 1 N–H and O–H groups in total. The van der Waals surface area contributed by atoms with Gasteiger partial charge in [-0.25, -0.2) is 4.79 Å². The minimum Gasteiger partial charge on any atom is -0.338 e. The van der Waals surface area contributed by atoms with Crippen LogP contribution in [0, 0.1) is 5.92 Å². The highest BCUT2D eigenvalue weighted by Gasteiger charge is 2.21. The standard InChI is InChI=1S/C14H21N3O/c1-11(13-8-3-4-9-15-13)17(2)14(18)16-10-12-6-5-7-12/h3-4,8-9,11-12H,5-7,10H2,1-2H3,(H,16,18). The molecule has 98 valence electrons. The Morgan fingerprint density at radius 2 is 2.33 bits per heavy atom. The largest absolute Gasteiger partial charge is 0.338 e. The maximum absolute atomic E-state index is 12.0. The molecule has 1 atom stereocenters. The molecule has 0 aromatic carbocycles. The van der Waals surface area contributed by atoms with Crippen molar-refractivity contribution < 1.29 is 4.79 Å². The van der Waals surface area contributed by atoms with E-state index in [0.29, 0.717) is 5.92 Å². The zero-order valence-electron chi connectivity index (χ0n) is 11.1. The number of rotatable bonds is 4. The van der Waals surface area contributed by atoms with Crippen LogP contribution in [0.4, 0.5) is 4.79 Å². The van der Waals surface area contributed by atoms with Crippen molar-refractivity contribution in [3.8, 4) is 0 Å². The van der Waals surface area contributed by atoms with Crippen LogP contribution in [-0.4, -0.2) is 29.5 Å². The summed E-state index contributed by atoms with van der Waals surface area (Å²) in [6, 6.07) is 5.75. The van der Waals surface area contributed by atoms with Gasteiger partial charge < -0.3 is 10.2 Å². The number of nitrogens with one attached hydrogen (secondary N) is 1. The van der Waals surface area contributed by atoms with Crippen molar-refractivity contribution in [1.29, 1.82) is 0 Å². The van der Waals surface area contributed by atoms with Gasteiger partial charge in [0.05, 0.1) is 11.7 Å². The van der Waals surface area contributed by atoms with E-state index in [4.69, 9.17) is 0 Å². The lowest BCUT2D eigenvalue weighted by atomic mass is 9.85. The Labute approximate surface area is 108 Å². The van der Waals surface area contributed by atoms with Gasteiger partial charge in [-0.05, 0) is 37.8 Å². The van der Waals surface area contributed by atoms with E-state index in [0.717, 1.165) is 12.2 Å². The topological polar surface area (TPSA) is 45.2 Å². The molecule has 0 saturated heterocycles. The van der Waals surface area contributed by atoms with Crippen LogP contribution in [0.1, 0.15) is 37.9 Å². The Morgan fingerprint density at radius 1 is 1.56 bits per heavy atom. The highest BCUT2D eigenvalue weighted by molar-refractivity contribution is 5.74. The van der Waals surface area contributed by atoms with Crippen LogP contribution in [-0.2, 0) is 0 Å². The molecule has 1 heterocycles. The molecule has 2 amide bonds. The maximum Gasteiger partial charge on any atom is 0.317 e. The van der Waals surface area contributed by atoms with Gasteiger partial charge in [-0.3, -0.25) is 4.98 Å². The number of hydrogen-bond donors (Lipinski definition) is 1. The summed E-state index contributed by atoms with van der Waals surface area (Å²) < 4.78 is 0. The minimum absolute atomic E-state index is 0.00686. The third-order valence-electron chi connectivity index (χ3n) is 3.78. The van der Waals surface area contributed by atoms with Crippen LogP contribution in [0.2, 0.25) is 0 Å². The zero-order chi connectivity index (χ0) is 13.0. The minimum atomic E-state index is -0.0138. The number of pyridine rings is 1. The second kappa shape index (κ2) is 5.85. The van der Waals surface area contributed by atoms with Crippen LogP contribution in [0.25, 0.3) is 0 Å². The molecular formula is C14H21N3O. The molecule has 1 unspecified atom stereocenters. The molecule has 18 heavy (non-hydrogen) atoms. The summed E-state index contributed by atoms with van der Waals surface area (Å²) in [5.41, 5.74) is 0.916. The first kappa shape index (κ1) is 12.9. The fourth-order valence-electron chi connectivity index (χ4n) is 2.05. The summed E-state index contributed by atoms with van der Waals surface area (Å²) in [5.74, 6) is 0.688. The fourth-order valence-corrected chi connectivity index (χ4v) is 2.05. The smallest absolute Gasteiger partial charge is 0.317 e. The summed E-state index contributed by atoms with van der Waals surface area (Å²) in [5, 5.41) is 2.99. The molecule has 0 bridgehead atoms. The van der Waals surface area contributed by atoms with Crippen molar-refractivity contribution in [2.45, 2.75) is 32.2 Å². The van der Waals surface area contributed by atoms with Gasteiger partial charge >= 0.3 is 6.03 Å². The van der Waals surface area contributed by atoms with Crippen molar-refractivity contribution in [2.24, 2.45) is 5.92 Å². The van der Waals surface area contributed by atoms with Gasteiger partial charge in [-0.15, -0.1) is 0 Å². The summed E-state index contributed by atoms with van der Waals surface area (Å²) in [6.07, 6.45) is 5.56. The van der Waals surface area contributed by atoms with E-state index in [-0.39, 0.29) is 12.1 Å². The average Bonchev–Trinajstić information content (AvgIpc) is 2.36. The van der Waals surface area contributed by atoms with Gasteiger partial charge in [-0.2, -0.15) is 0 Å². The second-order valence-electron chi connectivity index (χ2n) is 5.02. The Balaban J connectivity index is 1.85. The number of aromatic nitrogens is 1. The Morgan fingerprint density at radius 3 is 2.89 bits per heavy atom. The summed E-state index contributed by atoms with van der Waals surface area (Å²) >= 11 is 0. The molecule has 0 radical (unpaired) electrons. The Bertz CT molecular complexity index is 389. The first-order chi connectivity index (χ1) is 8.68. The lowest BCUT2D eigenvalue weighted by Gasteiger charge is -2.29. The highest BCUT2D eigenvalue weighted by Crippen LogP contribution is 2.25. The number of urea groups is 1. The quantitative estimate of drug-likeness (QED) is 0.888. The zero-order valence-corrected chi connectivity index (χ0v) is 11.1. The molecular weight excluding hydrogens is 226 g/mol.